The molecular weight excluding hydrogens is 271 g/mol. The predicted molar refractivity (Wildman–Crippen MR) is 85.4 cm³/mol. The van der Waals surface area contributed by atoms with Gasteiger partial charge >= 0.3 is 0 Å². The van der Waals surface area contributed by atoms with Gasteiger partial charge in [-0.05, 0) is 18.3 Å². The van der Waals surface area contributed by atoms with Crippen LogP contribution in [0.2, 0.25) is 0 Å². The monoisotopic (exact) mass is 298 g/mol. The smallest absolute Gasteiger partial charge is 0.167 e. The fourth-order valence-corrected chi connectivity index (χ4v) is 1.85. The third-order valence-electron chi connectivity index (χ3n) is 3.31. The zero-order valence-electron chi connectivity index (χ0n) is 13.5. The van der Waals surface area contributed by atoms with E-state index in [0.29, 0.717) is 24.6 Å². The summed E-state index contributed by atoms with van der Waals surface area (Å²) in [4.78, 5) is 0. The Kier molecular flexibility index (Phi) is 6.75. The normalized spacial score (nSPS) is 11.5. The number of nitrogen functional groups attached to an aromatic ring is 1. The largest absolute Gasteiger partial charge is 0.490 e. The topological polar surface area (TPSA) is 56.5 Å². The lowest BCUT2D eigenvalue weighted by molar-refractivity contribution is 0.157. The van der Waals surface area contributed by atoms with Crippen molar-refractivity contribution >= 4 is 11.4 Å². The first-order chi connectivity index (χ1) is 9.89. The Morgan fingerprint density at radius 1 is 1.29 bits per heavy atom. The third-order valence-corrected chi connectivity index (χ3v) is 3.31. The maximum atomic E-state index is 13.7. The van der Waals surface area contributed by atoms with Crippen LogP contribution in [0, 0.1) is 11.2 Å². The van der Waals surface area contributed by atoms with Crippen LogP contribution < -0.4 is 15.8 Å². The van der Waals surface area contributed by atoms with Crippen LogP contribution >= 0.6 is 0 Å². The average Bonchev–Trinajstić information content (AvgIpc) is 2.43. The zero-order valence-corrected chi connectivity index (χ0v) is 13.5. The van der Waals surface area contributed by atoms with Gasteiger partial charge in [-0.2, -0.15) is 0 Å². The summed E-state index contributed by atoms with van der Waals surface area (Å²) >= 11 is 0. The molecule has 4 nitrogen and oxygen atoms in total. The van der Waals surface area contributed by atoms with E-state index in [1.165, 1.54) is 6.07 Å². The zero-order chi connectivity index (χ0) is 15.9. The number of ether oxygens (including phenoxy) is 2. The molecule has 0 aromatic heterocycles. The molecule has 1 rings (SSSR count). The summed E-state index contributed by atoms with van der Waals surface area (Å²) in [6.07, 6.45) is 1.76. The van der Waals surface area contributed by atoms with Crippen LogP contribution in [0.1, 0.15) is 33.6 Å². The van der Waals surface area contributed by atoms with Gasteiger partial charge in [0, 0.05) is 32.4 Å². The molecule has 0 aliphatic carbocycles. The van der Waals surface area contributed by atoms with E-state index in [1.54, 1.807) is 13.2 Å². The molecule has 0 saturated heterocycles. The van der Waals surface area contributed by atoms with E-state index in [0.717, 1.165) is 19.4 Å². The van der Waals surface area contributed by atoms with Crippen molar-refractivity contribution in [1.82, 2.24) is 0 Å². The molecule has 0 atom stereocenters. The molecule has 0 heterocycles. The molecule has 0 fully saturated rings. The van der Waals surface area contributed by atoms with Crippen LogP contribution in [0.15, 0.2) is 12.1 Å². The first kappa shape index (κ1) is 17.6. The van der Waals surface area contributed by atoms with E-state index < -0.39 is 5.82 Å². The maximum absolute atomic E-state index is 13.7. The molecule has 120 valence electrons. The Labute approximate surface area is 126 Å². The second kappa shape index (κ2) is 8.08. The summed E-state index contributed by atoms with van der Waals surface area (Å²) in [6, 6.07) is 2.93. The molecule has 5 heteroatoms. The van der Waals surface area contributed by atoms with Crippen LogP contribution in [-0.2, 0) is 4.74 Å². The summed E-state index contributed by atoms with van der Waals surface area (Å²) in [5, 5.41) is 3.28. The highest BCUT2D eigenvalue weighted by atomic mass is 19.1. The Balaban J connectivity index is 2.73. The Hall–Kier alpha value is -1.49. The molecule has 0 amide bonds. The van der Waals surface area contributed by atoms with Crippen molar-refractivity contribution in [2.75, 3.05) is 37.9 Å². The minimum absolute atomic E-state index is 0.0568. The summed E-state index contributed by atoms with van der Waals surface area (Å²) in [7, 11) is 1.69. The van der Waals surface area contributed by atoms with Gasteiger partial charge in [0.15, 0.2) is 11.6 Å². The van der Waals surface area contributed by atoms with Gasteiger partial charge in [0.25, 0.3) is 0 Å². The van der Waals surface area contributed by atoms with Crippen LogP contribution in [0.25, 0.3) is 0 Å². The number of benzene rings is 1. The Morgan fingerprint density at radius 3 is 2.62 bits per heavy atom. The fourth-order valence-electron chi connectivity index (χ4n) is 1.85. The van der Waals surface area contributed by atoms with E-state index >= 15 is 0 Å². The Bertz CT molecular complexity index is 450. The molecule has 0 saturated carbocycles. The SMILES string of the molecule is CCCOc1cc(NCC(C)(C)CCOC)c(N)cc1F. The van der Waals surface area contributed by atoms with Gasteiger partial charge in [0.1, 0.15) is 0 Å². The standard InChI is InChI=1S/C16H27FN2O2/c1-5-7-21-15-10-14(13(18)9-12(15)17)19-11-16(2,3)6-8-20-4/h9-10,19H,5-8,11,18H2,1-4H3. The number of nitrogens with one attached hydrogen (secondary N) is 1. The van der Waals surface area contributed by atoms with E-state index in [1.807, 2.05) is 6.92 Å². The van der Waals surface area contributed by atoms with Crippen LogP contribution in [0.5, 0.6) is 5.75 Å². The summed E-state index contributed by atoms with van der Waals surface area (Å²) in [5.41, 5.74) is 7.01. The van der Waals surface area contributed by atoms with Gasteiger partial charge in [-0.25, -0.2) is 4.39 Å². The Morgan fingerprint density at radius 2 is 2.00 bits per heavy atom. The van der Waals surface area contributed by atoms with Crippen LogP contribution in [0.3, 0.4) is 0 Å². The molecule has 0 radical (unpaired) electrons. The van der Waals surface area contributed by atoms with Gasteiger partial charge < -0.3 is 20.5 Å². The van der Waals surface area contributed by atoms with Gasteiger partial charge in [-0.15, -0.1) is 0 Å². The quantitative estimate of drug-likeness (QED) is 0.683. The molecule has 1 aromatic rings. The molecule has 3 N–H and O–H groups in total. The number of rotatable bonds is 9. The number of hydrogen-bond acceptors (Lipinski definition) is 4. The van der Waals surface area contributed by atoms with Crippen LogP contribution in [-0.4, -0.2) is 26.9 Å². The van der Waals surface area contributed by atoms with E-state index in [2.05, 4.69) is 19.2 Å². The lowest BCUT2D eigenvalue weighted by Crippen LogP contribution is -2.25. The summed E-state index contributed by atoms with van der Waals surface area (Å²) < 4.78 is 24.2. The van der Waals surface area contributed by atoms with Crippen molar-refractivity contribution in [1.29, 1.82) is 0 Å². The lowest BCUT2D eigenvalue weighted by atomic mass is 9.89. The molecule has 0 aliphatic rings. The van der Waals surface area contributed by atoms with Crippen molar-refractivity contribution in [3.63, 3.8) is 0 Å². The van der Waals surface area contributed by atoms with Gasteiger partial charge in [0.2, 0.25) is 0 Å². The molecular formula is C16H27FN2O2. The highest BCUT2D eigenvalue weighted by Gasteiger charge is 2.18. The summed E-state index contributed by atoms with van der Waals surface area (Å²) in [6.45, 7) is 8.19. The van der Waals surface area contributed by atoms with Gasteiger partial charge in [0.05, 0.1) is 18.0 Å². The van der Waals surface area contributed by atoms with Crippen LogP contribution in [0.4, 0.5) is 15.8 Å². The van der Waals surface area contributed by atoms with E-state index in [4.69, 9.17) is 15.2 Å². The van der Waals surface area contributed by atoms with Crippen molar-refractivity contribution in [3.8, 4) is 5.75 Å². The summed E-state index contributed by atoms with van der Waals surface area (Å²) in [5.74, 6) is -0.187. The number of nitrogens with two attached hydrogens (primary N) is 1. The highest BCUT2D eigenvalue weighted by Crippen LogP contribution is 2.30. The first-order valence-corrected chi connectivity index (χ1v) is 7.34. The molecule has 21 heavy (non-hydrogen) atoms. The average molecular weight is 298 g/mol. The van der Waals surface area contributed by atoms with Crippen molar-refractivity contribution in [3.05, 3.63) is 17.9 Å². The number of hydrogen-bond donors (Lipinski definition) is 2. The van der Waals surface area contributed by atoms with Gasteiger partial charge in [-0.3, -0.25) is 0 Å². The maximum Gasteiger partial charge on any atom is 0.167 e. The van der Waals surface area contributed by atoms with Crippen molar-refractivity contribution in [2.24, 2.45) is 5.41 Å². The van der Waals surface area contributed by atoms with Crippen molar-refractivity contribution < 1.29 is 13.9 Å². The second-order valence-electron chi connectivity index (χ2n) is 5.98. The van der Waals surface area contributed by atoms with E-state index in [9.17, 15) is 4.39 Å². The van der Waals surface area contributed by atoms with Gasteiger partial charge in [-0.1, -0.05) is 20.8 Å². The fraction of sp³-hybridized carbons (Fsp3) is 0.625. The number of halogens is 1. The first-order valence-electron chi connectivity index (χ1n) is 7.34. The second-order valence-corrected chi connectivity index (χ2v) is 5.98. The molecule has 1 aromatic carbocycles. The molecule has 0 spiro atoms. The lowest BCUT2D eigenvalue weighted by Gasteiger charge is -2.25. The minimum Gasteiger partial charge on any atom is -0.490 e. The van der Waals surface area contributed by atoms with E-state index in [-0.39, 0.29) is 11.2 Å². The highest BCUT2D eigenvalue weighted by molar-refractivity contribution is 5.68. The minimum atomic E-state index is -0.426. The molecule has 0 aliphatic heterocycles. The van der Waals surface area contributed by atoms with Crippen molar-refractivity contribution in [2.45, 2.75) is 33.6 Å². The number of methoxy groups -OCH3 is 1. The molecule has 0 bridgehead atoms. The third kappa shape index (κ3) is 5.79. The molecule has 0 unspecified atom stereocenters. The predicted octanol–water partition coefficient (Wildman–Crippen LogP) is 3.67. The number of anilines is 2.